The van der Waals surface area contributed by atoms with Gasteiger partial charge >= 0.3 is 6.18 Å². The van der Waals surface area contributed by atoms with Crippen molar-refractivity contribution < 1.29 is 13.2 Å². The summed E-state index contributed by atoms with van der Waals surface area (Å²) in [5, 5.41) is 7.34. The number of imidazole rings is 1. The molecule has 2 heterocycles. The van der Waals surface area contributed by atoms with Gasteiger partial charge in [0.15, 0.2) is 0 Å². The number of hydrogen-bond acceptors (Lipinski definition) is 3. The Morgan fingerprint density at radius 2 is 2.00 bits per heavy atom. The molecule has 0 saturated carbocycles. The molecule has 8 heteroatoms. The minimum atomic E-state index is -4.25. The summed E-state index contributed by atoms with van der Waals surface area (Å²) in [5.74, 6) is 0.367. The quantitative estimate of drug-likeness (QED) is 0.891. The Hall–Kier alpha value is -1.83. The predicted molar refractivity (Wildman–Crippen MR) is 71.5 cm³/mol. The molecule has 0 aliphatic heterocycles. The number of rotatable bonds is 6. The summed E-state index contributed by atoms with van der Waals surface area (Å²) in [7, 11) is 0. The van der Waals surface area contributed by atoms with E-state index in [-0.39, 0.29) is 18.6 Å². The van der Waals surface area contributed by atoms with Gasteiger partial charge in [-0.2, -0.15) is 18.3 Å². The van der Waals surface area contributed by atoms with Gasteiger partial charge in [-0.25, -0.2) is 4.98 Å². The van der Waals surface area contributed by atoms with Crippen molar-refractivity contribution in [3.05, 3.63) is 36.7 Å². The maximum Gasteiger partial charge on any atom is 0.406 e. The van der Waals surface area contributed by atoms with Crippen LogP contribution in [0.2, 0.25) is 0 Å². The molecular weight excluding hydrogens is 283 g/mol. The monoisotopic (exact) mass is 301 g/mol. The first-order valence-corrected chi connectivity index (χ1v) is 6.66. The first-order chi connectivity index (χ1) is 9.87. The first kappa shape index (κ1) is 15.6. The van der Waals surface area contributed by atoms with Gasteiger partial charge in [0, 0.05) is 30.8 Å². The summed E-state index contributed by atoms with van der Waals surface area (Å²) in [4.78, 5) is 3.97. The van der Waals surface area contributed by atoms with E-state index in [1.807, 2.05) is 26.1 Å². The third kappa shape index (κ3) is 4.32. The van der Waals surface area contributed by atoms with Gasteiger partial charge in [-0.3, -0.25) is 4.68 Å². The molecule has 5 nitrogen and oxygen atoms in total. The minimum absolute atomic E-state index is 0.0425. The maximum atomic E-state index is 12.4. The highest BCUT2D eigenvalue weighted by Crippen LogP contribution is 2.18. The fourth-order valence-electron chi connectivity index (χ4n) is 2.02. The Bertz CT molecular complexity index is 546. The van der Waals surface area contributed by atoms with Crippen LogP contribution in [-0.2, 0) is 13.1 Å². The van der Waals surface area contributed by atoms with Crippen molar-refractivity contribution in [2.75, 3.05) is 0 Å². The van der Waals surface area contributed by atoms with Crippen LogP contribution in [0.15, 0.2) is 30.9 Å². The molecule has 0 bridgehead atoms. The summed E-state index contributed by atoms with van der Waals surface area (Å²) in [5.41, 5.74) is 0. The van der Waals surface area contributed by atoms with Crippen LogP contribution in [0.25, 0.3) is 0 Å². The largest absolute Gasteiger partial charge is 0.406 e. The molecule has 0 aliphatic carbocycles. The topological polar surface area (TPSA) is 47.7 Å². The lowest BCUT2D eigenvalue weighted by Crippen LogP contribution is -2.34. The highest BCUT2D eigenvalue weighted by molar-refractivity contribution is 4.94. The number of hydrogen-bond donors (Lipinski definition) is 1. The fraction of sp³-hybridized carbons (Fsp3) is 0.538. The summed E-state index contributed by atoms with van der Waals surface area (Å²) >= 11 is 0. The van der Waals surface area contributed by atoms with Crippen LogP contribution in [-0.4, -0.2) is 31.5 Å². The summed E-state index contributed by atoms with van der Waals surface area (Å²) in [6, 6.07) is 1.96. The molecule has 0 radical (unpaired) electrons. The average molecular weight is 301 g/mol. The van der Waals surface area contributed by atoms with Crippen molar-refractivity contribution >= 4 is 0 Å². The zero-order valence-electron chi connectivity index (χ0n) is 11.9. The van der Waals surface area contributed by atoms with E-state index in [4.69, 9.17) is 0 Å². The molecule has 2 rings (SSSR count). The molecule has 0 unspecified atom stereocenters. The molecule has 21 heavy (non-hydrogen) atoms. The zero-order valence-corrected chi connectivity index (χ0v) is 11.9. The van der Waals surface area contributed by atoms with Crippen LogP contribution in [0, 0.1) is 0 Å². The Labute approximate surface area is 120 Å². The molecule has 2 aromatic rings. The summed E-state index contributed by atoms with van der Waals surface area (Å²) < 4.78 is 40.2. The van der Waals surface area contributed by atoms with Gasteiger partial charge in [0.1, 0.15) is 12.4 Å². The lowest BCUT2D eigenvalue weighted by Gasteiger charge is -2.22. The maximum absolute atomic E-state index is 12.4. The molecule has 0 spiro atoms. The molecule has 0 fully saturated rings. The van der Waals surface area contributed by atoms with Crippen molar-refractivity contribution in [3.63, 3.8) is 0 Å². The normalized spacial score (nSPS) is 15.1. The SMILES string of the molecule is C[C@H](NCc1nccn1CC(F)(F)F)[C@@H](C)n1cccn1. The molecule has 2 atom stereocenters. The molecular formula is C13H18F3N5. The number of nitrogens with zero attached hydrogens (tertiary/aromatic N) is 4. The van der Waals surface area contributed by atoms with E-state index in [1.54, 1.807) is 10.9 Å². The Balaban J connectivity index is 1.93. The van der Waals surface area contributed by atoms with E-state index >= 15 is 0 Å². The lowest BCUT2D eigenvalue weighted by molar-refractivity contribution is -0.141. The standard InChI is InChI=1S/C13H18F3N5/c1-10(11(2)21-6-3-4-19-21)18-8-12-17-5-7-20(12)9-13(14,15)16/h3-7,10-11,18H,8-9H2,1-2H3/t10-,11+/m0/s1. The van der Waals surface area contributed by atoms with Crippen LogP contribution in [0.4, 0.5) is 13.2 Å². The average Bonchev–Trinajstić information content (AvgIpc) is 3.04. The van der Waals surface area contributed by atoms with Crippen LogP contribution >= 0.6 is 0 Å². The Kier molecular flexibility index (Phi) is 4.66. The molecule has 0 amide bonds. The Morgan fingerprint density at radius 3 is 2.62 bits per heavy atom. The van der Waals surface area contributed by atoms with E-state index in [2.05, 4.69) is 15.4 Å². The van der Waals surface area contributed by atoms with Crippen LogP contribution in [0.5, 0.6) is 0 Å². The van der Waals surface area contributed by atoms with E-state index in [0.29, 0.717) is 5.82 Å². The third-order valence-corrected chi connectivity index (χ3v) is 3.40. The second-order valence-electron chi connectivity index (χ2n) is 4.98. The molecule has 1 N–H and O–H groups in total. The number of halogens is 3. The third-order valence-electron chi connectivity index (χ3n) is 3.40. The minimum Gasteiger partial charge on any atom is -0.325 e. The zero-order chi connectivity index (χ0) is 15.5. The highest BCUT2D eigenvalue weighted by atomic mass is 19.4. The van der Waals surface area contributed by atoms with Crippen molar-refractivity contribution in [2.45, 2.75) is 45.2 Å². The van der Waals surface area contributed by atoms with Gasteiger partial charge in [0.05, 0.1) is 12.6 Å². The lowest BCUT2D eigenvalue weighted by atomic mass is 10.2. The second-order valence-corrected chi connectivity index (χ2v) is 4.98. The smallest absolute Gasteiger partial charge is 0.325 e. The number of nitrogens with one attached hydrogen (secondary N) is 1. The molecule has 2 aromatic heterocycles. The molecule has 0 aliphatic rings. The van der Waals surface area contributed by atoms with Crippen molar-refractivity contribution in [3.8, 4) is 0 Å². The highest BCUT2D eigenvalue weighted by Gasteiger charge is 2.28. The molecule has 0 saturated heterocycles. The second kappa shape index (κ2) is 6.30. The van der Waals surface area contributed by atoms with Gasteiger partial charge in [0.25, 0.3) is 0 Å². The van der Waals surface area contributed by atoms with Gasteiger partial charge < -0.3 is 9.88 Å². The first-order valence-electron chi connectivity index (χ1n) is 6.66. The molecule has 0 aromatic carbocycles. The van der Waals surface area contributed by atoms with Gasteiger partial charge in [0.2, 0.25) is 0 Å². The van der Waals surface area contributed by atoms with Crippen LogP contribution in [0.1, 0.15) is 25.7 Å². The van der Waals surface area contributed by atoms with Gasteiger partial charge in [-0.15, -0.1) is 0 Å². The fourth-order valence-corrected chi connectivity index (χ4v) is 2.02. The van der Waals surface area contributed by atoms with Gasteiger partial charge in [-0.1, -0.05) is 0 Å². The van der Waals surface area contributed by atoms with Crippen LogP contribution < -0.4 is 5.32 Å². The van der Waals surface area contributed by atoms with E-state index in [0.717, 1.165) is 4.57 Å². The summed E-state index contributed by atoms with van der Waals surface area (Å²) in [6.07, 6.45) is 2.02. The van der Waals surface area contributed by atoms with E-state index in [1.165, 1.54) is 12.4 Å². The van der Waals surface area contributed by atoms with E-state index < -0.39 is 12.7 Å². The van der Waals surface area contributed by atoms with E-state index in [9.17, 15) is 13.2 Å². The van der Waals surface area contributed by atoms with Gasteiger partial charge in [-0.05, 0) is 19.9 Å². The molecule has 116 valence electrons. The van der Waals surface area contributed by atoms with Crippen molar-refractivity contribution in [1.82, 2.24) is 24.6 Å². The predicted octanol–water partition coefficient (Wildman–Crippen LogP) is 2.38. The summed E-state index contributed by atoms with van der Waals surface area (Å²) in [6.45, 7) is 3.21. The number of alkyl halides is 3. The van der Waals surface area contributed by atoms with Crippen molar-refractivity contribution in [1.29, 1.82) is 0 Å². The van der Waals surface area contributed by atoms with Crippen LogP contribution in [0.3, 0.4) is 0 Å². The Morgan fingerprint density at radius 1 is 1.24 bits per heavy atom. The van der Waals surface area contributed by atoms with Crippen molar-refractivity contribution in [2.24, 2.45) is 0 Å². The number of aromatic nitrogens is 4.